The molecule has 5 heteroatoms. The third-order valence-electron chi connectivity index (χ3n) is 2.85. The third-order valence-corrected chi connectivity index (χ3v) is 3.09. The minimum Gasteiger partial charge on any atom is -0.496 e. The molecule has 0 aliphatic heterocycles. The molecule has 0 saturated carbocycles. The van der Waals surface area contributed by atoms with E-state index in [1.165, 1.54) is 0 Å². The average molecular weight is 266 g/mol. The summed E-state index contributed by atoms with van der Waals surface area (Å²) < 4.78 is 7.17. The van der Waals surface area contributed by atoms with E-state index in [1.54, 1.807) is 11.8 Å². The van der Waals surface area contributed by atoms with Crippen LogP contribution in [0.3, 0.4) is 0 Å². The zero-order valence-electron chi connectivity index (χ0n) is 10.6. The van der Waals surface area contributed by atoms with Crippen molar-refractivity contribution in [3.8, 4) is 5.75 Å². The van der Waals surface area contributed by atoms with Crippen LogP contribution in [0.5, 0.6) is 5.75 Å². The van der Waals surface area contributed by atoms with Gasteiger partial charge in [0.2, 0.25) is 0 Å². The van der Waals surface area contributed by atoms with Gasteiger partial charge in [-0.25, -0.2) is 0 Å². The molecule has 4 nitrogen and oxygen atoms in total. The molecular formula is C13H16ClN3O. The van der Waals surface area contributed by atoms with E-state index in [9.17, 15) is 0 Å². The summed E-state index contributed by atoms with van der Waals surface area (Å²) in [5, 5.41) is 8.12. The van der Waals surface area contributed by atoms with Crippen molar-refractivity contribution in [1.29, 1.82) is 0 Å². The maximum atomic E-state index is 5.98. The van der Waals surface area contributed by atoms with E-state index in [2.05, 4.69) is 10.4 Å². The lowest BCUT2D eigenvalue weighted by molar-refractivity contribution is 0.405. The van der Waals surface area contributed by atoms with Crippen LogP contribution in [-0.2, 0) is 7.05 Å². The Balaban J connectivity index is 2.44. The Hall–Kier alpha value is -1.52. The van der Waals surface area contributed by atoms with Gasteiger partial charge in [-0.2, -0.15) is 5.10 Å². The highest BCUT2D eigenvalue weighted by atomic mass is 35.5. The number of rotatable bonds is 4. The Morgan fingerprint density at radius 2 is 2.22 bits per heavy atom. The van der Waals surface area contributed by atoms with Crippen LogP contribution in [-0.4, -0.2) is 23.9 Å². The number of hydrogen-bond acceptors (Lipinski definition) is 3. The molecule has 0 amide bonds. The number of aromatic nitrogens is 2. The number of benzene rings is 1. The first-order valence-corrected chi connectivity index (χ1v) is 6.02. The lowest BCUT2D eigenvalue weighted by Crippen LogP contribution is -2.18. The van der Waals surface area contributed by atoms with E-state index in [0.717, 1.165) is 16.9 Å². The van der Waals surface area contributed by atoms with Crippen LogP contribution >= 0.6 is 11.6 Å². The highest BCUT2D eigenvalue weighted by molar-refractivity contribution is 6.30. The molecule has 2 rings (SSSR count). The Labute approximate surface area is 112 Å². The van der Waals surface area contributed by atoms with Gasteiger partial charge < -0.3 is 10.1 Å². The van der Waals surface area contributed by atoms with Crippen molar-refractivity contribution < 1.29 is 4.74 Å². The van der Waals surface area contributed by atoms with Crippen molar-refractivity contribution in [3.05, 3.63) is 46.7 Å². The van der Waals surface area contributed by atoms with Gasteiger partial charge >= 0.3 is 0 Å². The molecule has 0 aliphatic carbocycles. The molecule has 1 heterocycles. The van der Waals surface area contributed by atoms with E-state index < -0.39 is 0 Å². The largest absolute Gasteiger partial charge is 0.496 e. The molecule has 18 heavy (non-hydrogen) atoms. The number of nitrogens with zero attached hydrogens (tertiary/aromatic N) is 2. The van der Waals surface area contributed by atoms with E-state index >= 15 is 0 Å². The lowest BCUT2D eigenvalue weighted by atomic mass is 10.0. The van der Waals surface area contributed by atoms with Crippen molar-refractivity contribution >= 4 is 11.6 Å². The lowest BCUT2D eigenvalue weighted by Gasteiger charge is -2.18. The Morgan fingerprint density at radius 1 is 1.44 bits per heavy atom. The van der Waals surface area contributed by atoms with Gasteiger partial charge in [0.15, 0.2) is 0 Å². The molecule has 0 fully saturated rings. The third kappa shape index (κ3) is 2.49. The minimum atomic E-state index is 0.0333. The van der Waals surface area contributed by atoms with Gasteiger partial charge in [-0.05, 0) is 19.2 Å². The fraction of sp³-hybridized carbons (Fsp3) is 0.308. The molecule has 1 aromatic heterocycles. The minimum absolute atomic E-state index is 0.0333. The first-order chi connectivity index (χ1) is 8.65. The molecular weight excluding hydrogens is 250 g/mol. The van der Waals surface area contributed by atoms with E-state index in [0.29, 0.717) is 5.02 Å². The summed E-state index contributed by atoms with van der Waals surface area (Å²) >= 11 is 5.98. The first kappa shape index (κ1) is 12.9. The second kappa shape index (κ2) is 5.42. The highest BCUT2D eigenvalue weighted by Gasteiger charge is 2.18. The van der Waals surface area contributed by atoms with Gasteiger partial charge in [-0.15, -0.1) is 0 Å². The standard InChI is InChI=1S/C13H16ClN3O/c1-15-13(9-7-16-17(2)8-9)11-5-4-10(14)6-12(11)18-3/h4-8,13,15H,1-3H3. The topological polar surface area (TPSA) is 39.1 Å². The number of halogens is 1. The van der Waals surface area contributed by atoms with Crippen LogP contribution in [0.2, 0.25) is 5.02 Å². The van der Waals surface area contributed by atoms with E-state index in [-0.39, 0.29) is 6.04 Å². The summed E-state index contributed by atoms with van der Waals surface area (Å²) in [6.07, 6.45) is 3.82. The molecule has 1 unspecified atom stereocenters. The maximum Gasteiger partial charge on any atom is 0.125 e. The molecule has 0 saturated heterocycles. The van der Waals surface area contributed by atoms with Gasteiger partial charge in [0.25, 0.3) is 0 Å². The second-order valence-corrected chi connectivity index (χ2v) is 4.49. The molecule has 96 valence electrons. The molecule has 0 aliphatic rings. The van der Waals surface area contributed by atoms with E-state index in [1.807, 2.05) is 44.7 Å². The number of ether oxygens (including phenoxy) is 1. The van der Waals surface area contributed by atoms with Gasteiger partial charge in [0, 0.05) is 29.4 Å². The predicted molar refractivity (Wildman–Crippen MR) is 72.1 cm³/mol. The first-order valence-electron chi connectivity index (χ1n) is 5.65. The number of nitrogens with one attached hydrogen (secondary N) is 1. The van der Waals surface area contributed by atoms with E-state index in [4.69, 9.17) is 16.3 Å². The van der Waals surface area contributed by atoms with Crippen LogP contribution in [0, 0.1) is 0 Å². The molecule has 2 aromatic rings. The fourth-order valence-corrected chi connectivity index (χ4v) is 2.18. The molecule has 1 N–H and O–H groups in total. The van der Waals surface area contributed by atoms with Crippen molar-refractivity contribution in [2.45, 2.75) is 6.04 Å². The number of aryl methyl sites for hydroxylation is 1. The second-order valence-electron chi connectivity index (χ2n) is 4.06. The maximum absolute atomic E-state index is 5.98. The molecule has 1 aromatic carbocycles. The summed E-state index contributed by atoms with van der Waals surface area (Å²) in [5.41, 5.74) is 2.12. The van der Waals surface area contributed by atoms with Crippen molar-refractivity contribution in [2.24, 2.45) is 7.05 Å². The zero-order valence-corrected chi connectivity index (χ0v) is 11.4. The van der Waals surface area contributed by atoms with Crippen LogP contribution in [0.1, 0.15) is 17.2 Å². The van der Waals surface area contributed by atoms with Crippen LogP contribution in [0.15, 0.2) is 30.6 Å². The molecule has 0 bridgehead atoms. The Bertz CT molecular complexity index is 539. The van der Waals surface area contributed by atoms with Crippen molar-refractivity contribution in [2.75, 3.05) is 14.2 Å². The Kier molecular flexibility index (Phi) is 3.89. The van der Waals surface area contributed by atoms with Crippen molar-refractivity contribution in [1.82, 2.24) is 15.1 Å². The fourth-order valence-electron chi connectivity index (χ4n) is 2.01. The predicted octanol–water partition coefficient (Wildman–Crippen LogP) is 2.39. The normalized spacial score (nSPS) is 12.4. The average Bonchev–Trinajstić information content (AvgIpc) is 2.78. The number of methoxy groups -OCH3 is 1. The SMILES string of the molecule is CNC(c1cnn(C)c1)c1ccc(Cl)cc1OC. The quantitative estimate of drug-likeness (QED) is 0.923. The highest BCUT2D eigenvalue weighted by Crippen LogP contribution is 2.31. The monoisotopic (exact) mass is 265 g/mol. The van der Waals surface area contributed by atoms with Gasteiger partial charge in [-0.3, -0.25) is 4.68 Å². The zero-order chi connectivity index (χ0) is 13.1. The summed E-state index contributed by atoms with van der Waals surface area (Å²) in [7, 11) is 5.45. The summed E-state index contributed by atoms with van der Waals surface area (Å²) in [5.74, 6) is 0.769. The van der Waals surface area contributed by atoms with Gasteiger partial charge in [-0.1, -0.05) is 17.7 Å². The summed E-state index contributed by atoms with van der Waals surface area (Å²) in [6.45, 7) is 0. The summed E-state index contributed by atoms with van der Waals surface area (Å²) in [6, 6.07) is 5.68. The van der Waals surface area contributed by atoms with Gasteiger partial charge in [0.05, 0.1) is 19.3 Å². The van der Waals surface area contributed by atoms with Crippen LogP contribution in [0.4, 0.5) is 0 Å². The van der Waals surface area contributed by atoms with Crippen molar-refractivity contribution in [3.63, 3.8) is 0 Å². The molecule has 0 spiro atoms. The van der Waals surface area contributed by atoms with Crippen LogP contribution < -0.4 is 10.1 Å². The molecule has 1 atom stereocenters. The summed E-state index contributed by atoms with van der Waals surface area (Å²) in [4.78, 5) is 0. The smallest absolute Gasteiger partial charge is 0.125 e. The number of hydrogen-bond donors (Lipinski definition) is 1. The van der Waals surface area contributed by atoms with Crippen LogP contribution in [0.25, 0.3) is 0 Å². The van der Waals surface area contributed by atoms with Gasteiger partial charge in [0.1, 0.15) is 5.75 Å². The Morgan fingerprint density at radius 3 is 2.78 bits per heavy atom. The molecule has 0 radical (unpaired) electrons.